The molecule has 80 valence electrons. The van der Waals surface area contributed by atoms with Gasteiger partial charge in [0.1, 0.15) is 0 Å². The predicted molar refractivity (Wildman–Crippen MR) is 54.1 cm³/mol. The molecule has 0 bridgehead atoms. The lowest BCUT2D eigenvalue weighted by molar-refractivity contribution is 0.348. The summed E-state index contributed by atoms with van der Waals surface area (Å²) in [5.41, 5.74) is 0.163. The molecule has 4 nitrogen and oxygen atoms in total. The first kappa shape index (κ1) is 10.2. The zero-order valence-corrected chi connectivity index (χ0v) is 9.16. The van der Waals surface area contributed by atoms with Gasteiger partial charge in [-0.2, -0.15) is 10.2 Å². The van der Waals surface area contributed by atoms with Crippen molar-refractivity contribution in [3.63, 3.8) is 0 Å². The number of nitrogens with zero attached hydrogens (tertiary/aromatic N) is 3. The van der Waals surface area contributed by atoms with E-state index in [2.05, 4.69) is 23.1 Å². The molecule has 0 saturated heterocycles. The fourth-order valence-electron chi connectivity index (χ4n) is 1.50. The van der Waals surface area contributed by atoms with Crippen molar-refractivity contribution in [1.29, 1.82) is 5.26 Å². The Morgan fingerprint density at radius 2 is 2.33 bits per heavy atom. The van der Waals surface area contributed by atoms with Crippen molar-refractivity contribution in [3.8, 4) is 6.07 Å². The maximum atomic E-state index is 8.49. The summed E-state index contributed by atoms with van der Waals surface area (Å²) < 4.78 is 5.22. The van der Waals surface area contributed by atoms with Crippen molar-refractivity contribution in [2.45, 2.75) is 50.9 Å². The number of rotatable bonds is 4. The van der Waals surface area contributed by atoms with Crippen LogP contribution < -0.4 is 0 Å². The minimum absolute atomic E-state index is 0.163. The van der Waals surface area contributed by atoms with E-state index in [-0.39, 0.29) is 11.3 Å². The number of aromatic nitrogens is 2. The van der Waals surface area contributed by atoms with Crippen LogP contribution in [0.25, 0.3) is 0 Å². The fourth-order valence-corrected chi connectivity index (χ4v) is 1.50. The summed E-state index contributed by atoms with van der Waals surface area (Å²) in [5.74, 6) is 1.70. The Bertz CT molecular complexity index is 387. The van der Waals surface area contributed by atoms with E-state index in [4.69, 9.17) is 9.78 Å². The van der Waals surface area contributed by atoms with Crippen LogP contribution in [0.3, 0.4) is 0 Å². The van der Waals surface area contributed by atoms with Gasteiger partial charge in [-0.05, 0) is 19.3 Å². The Hall–Kier alpha value is -1.37. The summed E-state index contributed by atoms with van der Waals surface area (Å²) in [7, 11) is 0. The smallest absolute Gasteiger partial charge is 0.229 e. The Labute approximate surface area is 89.3 Å². The van der Waals surface area contributed by atoms with Gasteiger partial charge in [0.15, 0.2) is 5.82 Å². The monoisotopic (exact) mass is 205 g/mol. The molecular formula is C11H15N3O. The van der Waals surface area contributed by atoms with E-state index < -0.39 is 0 Å². The third-order valence-electron chi connectivity index (χ3n) is 3.09. The van der Waals surface area contributed by atoms with Crippen LogP contribution in [0.15, 0.2) is 4.52 Å². The summed E-state index contributed by atoms with van der Waals surface area (Å²) in [6.45, 7) is 4.17. The molecule has 0 radical (unpaired) electrons. The molecule has 1 aliphatic carbocycles. The topological polar surface area (TPSA) is 62.7 Å². The molecule has 0 aromatic carbocycles. The van der Waals surface area contributed by atoms with E-state index in [9.17, 15) is 0 Å². The first-order valence-electron chi connectivity index (χ1n) is 5.37. The molecule has 4 heteroatoms. The van der Waals surface area contributed by atoms with E-state index in [1.807, 2.05) is 6.92 Å². The second kappa shape index (κ2) is 3.65. The van der Waals surface area contributed by atoms with Gasteiger partial charge in [-0.3, -0.25) is 0 Å². The lowest BCUT2D eigenvalue weighted by atomic mass is 10.1. The quantitative estimate of drug-likeness (QED) is 0.757. The molecule has 1 saturated carbocycles. The first-order valence-corrected chi connectivity index (χ1v) is 5.37. The van der Waals surface area contributed by atoms with Crippen molar-refractivity contribution in [2.75, 3.05) is 0 Å². The molecule has 15 heavy (non-hydrogen) atoms. The van der Waals surface area contributed by atoms with E-state index in [1.54, 1.807) is 0 Å². The Kier molecular flexibility index (Phi) is 2.47. The third kappa shape index (κ3) is 2.01. The average Bonchev–Trinajstić information content (AvgIpc) is 2.82. The van der Waals surface area contributed by atoms with Gasteiger partial charge in [0.05, 0.1) is 6.07 Å². The Balaban J connectivity index is 2.04. The standard InChI is InChI=1S/C11H15N3O/c1-8(4-3-7-12)9-13-10(14-15-9)11(2)5-6-11/h8H,3-6H2,1-2H3. The van der Waals surface area contributed by atoms with E-state index >= 15 is 0 Å². The SMILES string of the molecule is CC(CCC#N)c1nc(C2(C)CC2)no1. The number of nitriles is 1. The maximum absolute atomic E-state index is 8.49. The van der Waals surface area contributed by atoms with Gasteiger partial charge < -0.3 is 4.52 Å². The molecule has 1 unspecified atom stereocenters. The second-order valence-electron chi connectivity index (χ2n) is 4.61. The lowest BCUT2D eigenvalue weighted by Gasteiger charge is -2.01. The van der Waals surface area contributed by atoms with Gasteiger partial charge in [0.2, 0.25) is 5.89 Å². The van der Waals surface area contributed by atoms with Crippen LogP contribution in [0.5, 0.6) is 0 Å². The fraction of sp³-hybridized carbons (Fsp3) is 0.727. The van der Waals surface area contributed by atoms with E-state index in [0.717, 1.165) is 25.1 Å². The maximum Gasteiger partial charge on any atom is 0.229 e. The van der Waals surface area contributed by atoms with E-state index in [0.29, 0.717) is 12.3 Å². The molecule has 1 heterocycles. The van der Waals surface area contributed by atoms with Gasteiger partial charge in [0.25, 0.3) is 0 Å². The van der Waals surface area contributed by atoms with Crippen molar-refractivity contribution < 1.29 is 4.52 Å². The molecule has 1 fully saturated rings. The van der Waals surface area contributed by atoms with Gasteiger partial charge >= 0.3 is 0 Å². The second-order valence-corrected chi connectivity index (χ2v) is 4.61. The van der Waals surface area contributed by atoms with Gasteiger partial charge in [-0.15, -0.1) is 0 Å². The highest BCUT2D eigenvalue weighted by Gasteiger charge is 2.43. The molecule has 1 atom stereocenters. The van der Waals surface area contributed by atoms with Gasteiger partial charge in [-0.1, -0.05) is 19.0 Å². The van der Waals surface area contributed by atoms with E-state index in [1.165, 1.54) is 0 Å². The van der Waals surface area contributed by atoms with Gasteiger partial charge in [-0.25, -0.2) is 0 Å². The van der Waals surface area contributed by atoms with Crippen LogP contribution in [-0.2, 0) is 5.41 Å². The summed E-state index contributed by atoms with van der Waals surface area (Å²) in [6.07, 6.45) is 3.63. The highest BCUT2D eigenvalue weighted by molar-refractivity contribution is 5.14. The summed E-state index contributed by atoms with van der Waals surface area (Å²) in [5, 5.41) is 12.5. The van der Waals surface area contributed by atoms with Crippen LogP contribution in [0, 0.1) is 11.3 Å². The van der Waals surface area contributed by atoms with Crippen LogP contribution in [0.4, 0.5) is 0 Å². The zero-order chi connectivity index (χ0) is 10.9. The molecule has 2 rings (SSSR count). The molecule has 0 amide bonds. The molecular weight excluding hydrogens is 190 g/mol. The van der Waals surface area contributed by atoms with Gasteiger partial charge in [0, 0.05) is 17.8 Å². The normalized spacial score (nSPS) is 19.5. The van der Waals surface area contributed by atoms with Crippen molar-refractivity contribution >= 4 is 0 Å². The number of hydrogen-bond donors (Lipinski definition) is 0. The highest BCUT2D eigenvalue weighted by Crippen LogP contribution is 2.46. The molecule has 1 aromatic rings. The number of hydrogen-bond acceptors (Lipinski definition) is 4. The third-order valence-corrected chi connectivity index (χ3v) is 3.09. The van der Waals surface area contributed by atoms with Crippen molar-refractivity contribution in [3.05, 3.63) is 11.7 Å². The Morgan fingerprint density at radius 1 is 1.60 bits per heavy atom. The first-order chi connectivity index (χ1) is 7.15. The Morgan fingerprint density at radius 3 is 2.93 bits per heavy atom. The average molecular weight is 205 g/mol. The lowest BCUT2D eigenvalue weighted by Crippen LogP contribution is -2.03. The zero-order valence-electron chi connectivity index (χ0n) is 9.16. The molecule has 0 N–H and O–H groups in total. The molecule has 0 spiro atoms. The molecule has 1 aliphatic rings. The van der Waals surface area contributed by atoms with Crippen molar-refractivity contribution in [1.82, 2.24) is 10.1 Å². The minimum atomic E-state index is 0.163. The summed E-state index contributed by atoms with van der Waals surface area (Å²) in [6, 6.07) is 2.13. The van der Waals surface area contributed by atoms with Crippen molar-refractivity contribution in [2.24, 2.45) is 0 Å². The predicted octanol–water partition coefficient (Wildman–Crippen LogP) is 2.53. The van der Waals surface area contributed by atoms with Crippen LogP contribution in [0.1, 0.15) is 57.2 Å². The minimum Gasteiger partial charge on any atom is -0.339 e. The molecule has 0 aliphatic heterocycles. The molecule has 1 aromatic heterocycles. The summed E-state index contributed by atoms with van der Waals surface area (Å²) >= 11 is 0. The largest absolute Gasteiger partial charge is 0.339 e. The highest BCUT2D eigenvalue weighted by atomic mass is 16.5. The van der Waals surface area contributed by atoms with Crippen LogP contribution >= 0.6 is 0 Å². The van der Waals surface area contributed by atoms with Crippen LogP contribution in [0.2, 0.25) is 0 Å². The van der Waals surface area contributed by atoms with Crippen LogP contribution in [-0.4, -0.2) is 10.1 Å². The summed E-state index contributed by atoms with van der Waals surface area (Å²) in [4.78, 5) is 4.41.